The summed E-state index contributed by atoms with van der Waals surface area (Å²) in [6.45, 7) is 7.87. The van der Waals surface area contributed by atoms with E-state index < -0.39 is 6.04 Å². The van der Waals surface area contributed by atoms with Crippen LogP contribution in [0.2, 0.25) is 0 Å². The van der Waals surface area contributed by atoms with Crippen molar-refractivity contribution in [3.8, 4) is 0 Å². The molecule has 2 aromatic rings. The SMILES string of the molecule is CCCC(=O)N(c1ccccc1I)C(CCc1ccccc1)C(=O)NC(C)(C)C. The fourth-order valence-electron chi connectivity index (χ4n) is 3.24. The Labute approximate surface area is 188 Å². The molecular formula is C24H31IN2O2. The van der Waals surface area contributed by atoms with Crippen molar-refractivity contribution in [2.45, 2.75) is 65.0 Å². The van der Waals surface area contributed by atoms with Crippen molar-refractivity contribution in [3.63, 3.8) is 0 Å². The highest BCUT2D eigenvalue weighted by molar-refractivity contribution is 14.1. The van der Waals surface area contributed by atoms with Crippen LogP contribution in [0, 0.1) is 3.57 Å². The number of rotatable bonds is 8. The van der Waals surface area contributed by atoms with E-state index >= 15 is 0 Å². The molecule has 0 fully saturated rings. The summed E-state index contributed by atoms with van der Waals surface area (Å²) < 4.78 is 0.961. The molecule has 0 aliphatic heterocycles. The van der Waals surface area contributed by atoms with E-state index in [0.717, 1.165) is 27.7 Å². The molecule has 2 rings (SSSR count). The molecule has 0 saturated carbocycles. The van der Waals surface area contributed by atoms with Gasteiger partial charge in [-0.3, -0.25) is 14.5 Å². The molecule has 2 amide bonds. The van der Waals surface area contributed by atoms with Crippen LogP contribution >= 0.6 is 22.6 Å². The van der Waals surface area contributed by atoms with Crippen LogP contribution in [0.4, 0.5) is 5.69 Å². The number of nitrogens with one attached hydrogen (secondary N) is 1. The molecule has 29 heavy (non-hydrogen) atoms. The van der Waals surface area contributed by atoms with Crippen molar-refractivity contribution in [1.29, 1.82) is 0 Å². The van der Waals surface area contributed by atoms with Gasteiger partial charge in [0.2, 0.25) is 11.8 Å². The van der Waals surface area contributed by atoms with Crippen LogP contribution in [-0.2, 0) is 16.0 Å². The maximum atomic E-state index is 13.3. The van der Waals surface area contributed by atoms with Gasteiger partial charge in [0, 0.05) is 15.5 Å². The van der Waals surface area contributed by atoms with Gasteiger partial charge in [0.05, 0.1) is 5.69 Å². The van der Waals surface area contributed by atoms with Crippen LogP contribution in [-0.4, -0.2) is 23.4 Å². The van der Waals surface area contributed by atoms with Gasteiger partial charge in [-0.2, -0.15) is 0 Å². The lowest BCUT2D eigenvalue weighted by atomic mass is 10.00. The average molecular weight is 506 g/mol. The van der Waals surface area contributed by atoms with Crippen molar-refractivity contribution in [2.24, 2.45) is 0 Å². The molecule has 1 N–H and O–H groups in total. The minimum atomic E-state index is -0.565. The number of amides is 2. The third-order valence-corrected chi connectivity index (χ3v) is 5.42. The summed E-state index contributed by atoms with van der Waals surface area (Å²) in [6.07, 6.45) is 2.44. The Morgan fingerprint density at radius 2 is 1.66 bits per heavy atom. The lowest BCUT2D eigenvalue weighted by Crippen LogP contribution is -2.54. The predicted octanol–water partition coefficient (Wildman–Crippen LogP) is 5.34. The average Bonchev–Trinajstić information content (AvgIpc) is 2.65. The zero-order chi connectivity index (χ0) is 21.4. The van der Waals surface area contributed by atoms with Crippen molar-refractivity contribution >= 4 is 40.1 Å². The topological polar surface area (TPSA) is 49.4 Å². The number of hydrogen-bond donors (Lipinski definition) is 1. The van der Waals surface area contributed by atoms with Crippen molar-refractivity contribution in [2.75, 3.05) is 4.90 Å². The molecular weight excluding hydrogens is 475 g/mol. The Balaban J connectivity index is 2.42. The van der Waals surface area contributed by atoms with Crippen LogP contribution in [0.5, 0.6) is 0 Å². The van der Waals surface area contributed by atoms with Crippen LogP contribution in [0.25, 0.3) is 0 Å². The number of para-hydroxylation sites is 1. The Hall–Kier alpha value is -1.89. The van der Waals surface area contributed by atoms with E-state index in [0.29, 0.717) is 12.8 Å². The molecule has 0 bridgehead atoms. The first-order valence-electron chi connectivity index (χ1n) is 10.2. The third kappa shape index (κ3) is 7.14. The zero-order valence-electron chi connectivity index (χ0n) is 17.7. The largest absolute Gasteiger partial charge is 0.350 e. The Morgan fingerprint density at radius 1 is 1.03 bits per heavy atom. The molecule has 0 radical (unpaired) electrons. The van der Waals surface area contributed by atoms with Crippen molar-refractivity contribution < 1.29 is 9.59 Å². The van der Waals surface area contributed by atoms with Gasteiger partial charge in [-0.1, -0.05) is 49.4 Å². The molecule has 0 saturated heterocycles. The quantitative estimate of drug-likeness (QED) is 0.492. The maximum absolute atomic E-state index is 13.3. The first-order valence-corrected chi connectivity index (χ1v) is 11.2. The summed E-state index contributed by atoms with van der Waals surface area (Å²) in [4.78, 5) is 28.2. The second-order valence-corrected chi connectivity index (χ2v) is 9.41. The fraction of sp³-hybridized carbons (Fsp3) is 0.417. The maximum Gasteiger partial charge on any atom is 0.243 e. The van der Waals surface area contributed by atoms with Crippen LogP contribution < -0.4 is 10.2 Å². The van der Waals surface area contributed by atoms with E-state index in [4.69, 9.17) is 0 Å². The summed E-state index contributed by atoms with van der Waals surface area (Å²) in [5.74, 6) is -0.128. The normalized spacial score (nSPS) is 12.3. The van der Waals surface area contributed by atoms with E-state index in [1.165, 1.54) is 0 Å². The molecule has 0 aliphatic rings. The summed E-state index contributed by atoms with van der Waals surface area (Å²) >= 11 is 2.24. The van der Waals surface area contributed by atoms with Crippen LogP contribution in [0.3, 0.4) is 0 Å². The molecule has 1 atom stereocenters. The highest BCUT2D eigenvalue weighted by Crippen LogP contribution is 2.27. The molecule has 1 unspecified atom stereocenters. The van der Waals surface area contributed by atoms with E-state index in [2.05, 4.69) is 40.0 Å². The summed E-state index contributed by atoms with van der Waals surface area (Å²) in [5.41, 5.74) is 1.59. The van der Waals surface area contributed by atoms with Crippen LogP contribution in [0.15, 0.2) is 54.6 Å². The zero-order valence-corrected chi connectivity index (χ0v) is 19.9. The van der Waals surface area contributed by atoms with Crippen LogP contribution in [0.1, 0.15) is 52.5 Å². The molecule has 156 valence electrons. The number of aryl methyl sites for hydroxylation is 1. The number of hydrogen-bond acceptors (Lipinski definition) is 2. The van der Waals surface area contributed by atoms with Gasteiger partial charge in [0.1, 0.15) is 6.04 Å². The van der Waals surface area contributed by atoms with E-state index in [1.54, 1.807) is 4.90 Å². The minimum absolute atomic E-state index is 0.0151. The number of anilines is 1. The molecule has 4 nitrogen and oxygen atoms in total. The number of carbonyl (C=O) groups excluding carboxylic acids is 2. The molecule has 0 aliphatic carbocycles. The standard InChI is InChI=1S/C24H31IN2O2/c1-5-11-22(28)27(20-15-10-9-14-19(20)25)21(23(29)26-24(2,3)4)17-16-18-12-7-6-8-13-18/h6-10,12-15,21H,5,11,16-17H2,1-4H3,(H,26,29). The highest BCUT2D eigenvalue weighted by atomic mass is 127. The first kappa shape index (κ1) is 23.4. The second-order valence-electron chi connectivity index (χ2n) is 8.24. The Kier molecular flexibility index (Phi) is 8.68. The lowest BCUT2D eigenvalue weighted by Gasteiger charge is -2.34. The summed E-state index contributed by atoms with van der Waals surface area (Å²) in [5, 5.41) is 3.09. The van der Waals surface area contributed by atoms with Gasteiger partial charge in [-0.05, 0) is 80.3 Å². The second kappa shape index (κ2) is 10.8. The highest BCUT2D eigenvalue weighted by Gasteiger charge is 2.33. The van der Waals surface area contributed by atoms with Gasteiger partial charge >= 0.3 is 0 Å². The molecule has 2 aromatic carbocycles. The number of halogens is 1. The van der Waals surface area contributed by atoms with E-state index in [9.17, 15) is 9.59 Å². The van der Waals surface area contributed by atoms with E-state index in [1.807, 2.05) is 70.2 Å². The summed E-state index contributed by atoms with van der Waals surface area (Å²) in [6, 6.07) is 17.3. The van der Waals surface area contributed by atoms with Gasteiger partial charge in [0.25, 0.3) is 0 Å². The smallest absolute Gasteiger partial charge is 0.243 e. The Morgan fingerprint density at radius 3 is 2.24 bits per heavy atom. The lowest BCUT2D eigenvalue weighted by molar-refractivity contribution is -0.127. The fourth-order valence-corrected chi connectivity index (χ4v) is 3.88. The van der Waals surface area contributed by atoms with Crippen molar-refractivity contribution in [1.82, 2.24) is 5.32 Å². The predicted molar refractivity (Wildman–Crippen MR) is 128 cm³/mol. The van der Waals surface area contributed by atoms with Crippen molar-refractivity contribution in [3.05, 3.63) is 63.7 Å². The monoisotopic (exact) mass is 506 g/mol. The Bertz CT molecular complexity index is 815. The van der Waals surface area contributed by atoms with E-state index in [-0.39, 0.29) is 17.4 Å². The van der Waals surface area contributed by atoms with Gasteiger partial charge in [-0.25, -0.2) is 0 Å². The molecule has 0 spiro atoms. The molecule has 5 heteroatoms. The number of benzene rings is 2. The number of carbonyl (C=O) groups is 2. The third-order valence-electron chi connectivity index (χ3n) is 4.51. The molecule has 0 heterocycles. The van der Waals surface area contributed by atoms with Gasteiger partial charge < -0.3 is 5.32 Å². The van der Waals surface area contributed by atoms with Gasteiger partial charge in [-0.15, -0.1) is 0 Å². The minimum Gasteiger partial charge on any atom is -0.350 e. The number of nitrogens with zero attached hydrogens (tertiary/aromatic N) is 1. The summed E-state index contributed by atoms with van der Waals surface area (Å²) in [7, 11) is 0. The van der Waals surface area contributed by atoms with Gasteiger partial charge in [0.15, 0.2) is 0 Å². The molecule has 0 aromatic heterocycles. The first-order chi connectivity index (χ1) is 13.7.